The van der Waals surface area contributed by atoms with Crippen LogP contribution in [0.5, 0.6) is 5.75 Å². The van der Waals surface area contributed by atoms with Crippen molar-refractivity contribution in [1.29, 1.82) is 0 Å². The number of carbonyl (C=O) groups is 3. The molecule has 0 saturated carbocycles. The maximum absolute atomic E-state index is 13.0. The van der Waals surface area contributed by atoms with Gasteiger partial charge in [-0.2, -0.15) is 0 Å². The largest absolute Gasteiger partial charge is 0.573 e. The maximum atomic E-state index is 13.0. The fourth-order valence-corrected chi connectivity index (χ4v) is 4.08. The number of benzene rings is 2. The van der Waals surface area contributed by atoms with Crippen LogP contribution in [0.15, 0.2) is 54.6 Å². The molecule has 0 unspecified atom stereocenters. The van der Waals surface area contributed by atoms with Crippen LogP contribution >= 0.6 is 11.3 Å². The van der Waals surface area contributed by atoms with Crippen LogP contribution in [0.4, 0.5) is 18.2 Å². The Labute approximate surface area is 197 Å². The molecule has 1 aromatic heterocycles. The smallest absolute Gasteiger partial charge is 0.481 e. The summed E-state index contributed by atoms with van der Waals surface area (Å²) in [4.78, 5) is 37.3. The number of rotatable bonds is 9. The zero-order valence-corrected chi connectivity index (χ0v) is 18.8. The second-order valence-corrected chi connectivity index (χ2v) is 8.39. The molecule has 0 aliphatic heterocycles. The molecule has 1 heterocycles. The van der Waals surface area contributed by atoms with Crippen molar-refractivity contribution in [2.45, 2.75) is 32.5 Å². The summed E-state index contributed by atoms with van der Waals surface area (Å²) < 4.78 is 40.9. The molecule has 0 aliphatic rings. The molecule has 2 N–H and O–H groups in total. The minimum atomic E-state index is -4.83. The second kappa shape index (κ2) is 10.5. The molecule has 6 nitrogen and oxygen atoms in total. The lowest BCUT2D eigenvalue weighted by molar-refractivity contribution is -0.274. The first kappa shape index (κ1) is 25.0. The summed E-state index contributed by atoms with van der Waals surface area (Å²) in [5.41, 5.74) is 1.49. The Morgan fingerprint density at radius 2 is 1.62 bits per heavy atom. The number of ether oxygens (including phenoxy) is 1. The number of alkyl halides is 3. The molecule has 0 spiro atoms. The van der Waals surface area contributed by atoms with Crippen molar-refractivity contribution in [3.63, 3.8) is 0 Å². The van der Waals surface area contributed by atoms with Gasteiger partial charge in [0.15, 0.2) is 5.78 Å². The number of nitrogens with one attached hydrogen (secondary N) is 1. The molecule has 0 saturated heterocycles. The second-order valence-electron chi connectivity index (χ2n) is 7.26. The lowest BCUT2D eigenvalue weighted by Crippen LogP contribution is -2.17. The van der Waals surface area contributed by atoms with Crippen LogP contribution in [0.25, 0.3) is 0 Å². The van der Waals surface area contributed by atoms with E-state index in [9.17, 15) is 27.6 Å². The SMILES string of the molecule is CCc1cc(C(=O)c2ccc(OC(F)(F)F)cc2)c(NC(=O)c2ccc(CCC(=O)O)cc2)s1. The minimum Gasteiger partial charge on any atom is -0.481 e. The molecule has 0 fully saturated rings. The Morgan fingerprint density at radius 3 is 2.18 bits per heavy atom. The molecule has 0 bridgehead atoms. The molecule has 3 rings (SSSR count). The molecule has 34 heavy (non-hydrogen) atoms. The highest BCUT2D eigenvalue weighted by Crippen LogP contribution is 2.32. The van der Waals surface area contributed by atoms with Crippen molar-refractivity contribution < 1.29 is 37.4 Å². The lowest BCUT2D eigenvalue weighted by atomic mass is 10.0. The Hall–Kier alpha value is -3.66. The fourth-order valence-electron chi connectivity index (χ4n) is 3.09. The van der Waals surface area contributed by atoms with E-state index in [4.69, 9.17) is 5.11 Å². The van der Waals surface area contributed by atoms with E-state index in [1.165, 1.54) is 23.5 Å². The first-order valence-electron chi connectivity index (χ1n) is 10.2. The van der Waals surface area contributed by atoms with E-state index >= 15 is 0 Å². The quantitative estimate of drug-likeness (QED) is 0.374. The van der Waals surface area contributed by atoms with Gasteiger partial charge < -0.3 is 15.2 Å². The summed E-state index contributed by atoms with van der Waals surface area (Å²) >= 11 is 1.24. The van der Waals surface area contributed by atoms with Gasteiger partial charge >= 0.3 is 12.3 Å². The van der Waals surface area contributed by atoms with Crippen molar-refractivity contribution in [1.82, 2.24) is 0 Å². The van der Waals surface area contributed by atoms with E-state index in [0.717, 1.165) is 22.6 Å². The van der Waals surface area contributed by atoms with Crippen LogP contribution in [0.2, 0.25) is 0 Å². The van der Waals surface area contributed by atoms with Crippen LogP contribution in [0.1, 0.15) is 50.1 Å². The fraction of sp³-hybridized carbons (Fsp3) is 0.208. The van der Waals surface area contributed by atoms with Gasteiger partial charge in [0.05, 0.1) is 5.56 Å². The molecule has 178 valence electrons. The van der Waals surface area contributed by atoms with Gasteiger partial charge in [-0.15, -0.1) is 24.5 Å². The molecule has 0 atom stereocenters. The molecule has 0 aliphatic carbocycles. The van der Waals surface area contributed by atoms with Gasteiger partial charge in [0, 0.05) is 22.4 Å². The third-order valence-electron chi connectivity index (χ3n) is 4.80. The third-order valence-corrected chi connectivity index (χ3v) is 5.99. The highest BCUT2D eigenvalue weighted by Gasteiger charge is 2.31. The summed E-state index contributed by atoms with van der Waals surface area (Å²) in [7, 11) is 0. The molecule has 3 aromatic rings. The van der Waals surface area contributed by atoms with E-state index < -0.39 is 29.8 Å². The number of hydrogen-bond acceptors (Lipinski definition) is 5. The normalized spacial score (nSPS) is 11.2. The topological polar surface area (TPSA) is 92.7 Å². The monoisotopic (exact) mass is 491 g/mol. The summed E-state index contributed by atoms with van der Waals surface area (Å²) in [6.45, 7) is 1.89. The van der Waals surface area contributed by atoms with E-state index in [-0.39, 0.29) is 17.5 Å². The van der Waals surface area contributed by atoms with Gasteiger partial charge in [-0.3, -0.25) is 14.4 Å². The predicted molar refractivity (Wildman–Crippen MR) is 121 cm³/mol. The van der Waals surface area contributed by atoms with Crippen LogP contribution < -0.4 is 10.1 Å². The van der Waals surface area contributed by atoms with Crippen LogP contribution in [0.3, 0.4) is 0 Å². The van der Waals surface area contributed by atoms with Crippen LogP contribution in [-0.4, -0.2) is 29.1 Å². The van der Waals surface area contributed by atoms with Gasteiger partial charge in [-0.1, -0.05) is 19.1 Å². The maximum Gasteiger partial charge on any atom is 0.573 e. The van der Waals surface area contributed by atoms with Gasteiger partial charge in [-0.05, 0) is 60.9 Å². The summed E-state index contributed by atoms with van der Waals surface area (Å²) in [6.07, 6.45) is -3.89. The first-order valence-corrected chi connectivity index (χ1v) is 11.0. The number of ketones is 1. The number of aliphatic carboxylic acids is 1. The number of carbonyl (C=O) groups excluding carboxylic acids is 2. The Kier molecular flexibility index (Phi) is 7.72. The molecule has 1 amide bonds. The molecular formula is C24H20F3NO5S. The average molecular weight is 491 g/mol. The number of carboxylic acids is 1. The highest BCUT2D eigenvalue weighted by molar-refractivity contribution is 7.16. The van der Waals surface area contributed by atoms with Crippen LogP contribution in [0, 0.1) is 0 Å². The first-order chi connectivity index (χ1) is 16.1. The number of anilines is 1. The number of amides is 1. The van der Waals surface area contributed by atoms with Crippen LogP contribution in [-0.2, 0) is 17.6 Å². The number of aryl methyl sites for hydroxylation is 2. The summed E-state index contributed by atoms with van der Waals surface area (Å²) in [6, 6.07) is 12.7. The number of carboxylic acid groups (broad SMARTS) is 1. The number of thiophene rings is 1. The average Bonchev–Trinajstić information content (AvgIpc) is 3.19. The Bertz CT molecular complexity index is 1180. The van der Waals surface area contributed by atoms with Gasteiger partial charge in [0.1, 0.15) is 10.8 Å². The molecule has 10 heteroatoms. The van der Waals surface area contributed by atoms with E-state index in [1.54, 1.807) is 30.3 Å². The van der Waals surface area contributed by atoms with Crippen molar-refractivity contribution in [2.24, 2.45) is 0 Å². The molecule has 2 aromatic carbocycles. The van der Waals surface area contributed by atoms with Crippen molar-refractivity contribution in [3.8, 4) is 5.75 Å². The van der Waals surface area contributed by atoms with Gasteiger partial charge in [0.2, 0.25) is 0 Å². The molecular weight excluding hydrogens is 471 g/mol. The lowest BCUT2D eigenvalue weighted by Gasteiger charge is -2.09. The van der Waals surface area contributed by atoms with Crippen molar-refractivity contribution in [3.05, 3.63) is 81.7 Å². The Morgan fingerprint density at radius 1 is 1.00 bits per heavy atom. The van der Waals surface area contributed by atoms with Crippen molar-refractivity contribution in [2.75, 3.05) is 5.32 Å². The summed E-state index contributed by atoms with van der Waals surface area (Å²) in [5, 5.41) is 11.8. The van der Waals surface area contributed by atoms with Gasteiger partial charge in [0.25, 0.3) is 5.91 Å². The predicted octanol–water partition coefficient (Wildman–Crippen LogP) is 5.71. The van der Waals surface area contributed by atoms with Crippen molar-refractivity contribution >= 4 is 34.0 Å². The summed E-state index contributed by atoms with van der Waals surface area (Å²) in [5.74, 6) is -2.25. The van der Waals surface area contributed by atoms with Gasteiger partial charge in [-0.25, -0.2) is 0 Å². The third kappa shape index (κ3) is 6.67. The molecule has 0 radical (unpaired) electrons. The van der Waals surface area contributed by atoms with E-state index in [2.05, 4.69) is 10.1 Å². The standard InChI is InChI=1S/C24H20F3NO5S/c1-2-18-13-19(21(31)15-8-10-17(11-9-15)33-24(25,26)27)23(34-18)28-22(32)16-6-3-14(4-7-16)5-12-20(29)30/h3-4,6-11,13H,2,5,12H2,1H3,(H,28,32)(H,29,30). The zero-order valence-electron chi connectivity index (χ0n) is 17.9. The highest BCUT2D eigenvalue weighted by atomic mass is 32.1. The van der Waals surface area contributed by atoms with E-state index in [0.29, 0.717) is 23.4 Å². The number of hydrogen-bond donors (Lipinski definition) is 2. The van der Waals surface area contributed by atoms with E-state index in [1.807, 2.05) is 6.92 Å². The minimum absolute atomic E-state index is 0.0185. The zero-order chi connectivity index (χ0) is 24.9. The number of halogens is 3. The Balaban J connectivity index is 1.77.